The van der Waals surface area contributed by atoms with E-state index in [9.17, 15) is 4.79 Å². The maximum absolute atomic E-state index is 11.7. The Morgan fingerprint density at radius 1 is 1.30 bits per heavy atom. The molecule has 0 bridgehead atoms. The van der Waals surface area contributed by atoms with Crippen molar-refractivity contribution in [1.29, 1.82) is 0 Å². The Morgan fingerprint density at radius 2 is 2.05 bits per heavy atom. The maximum atomic E-state index is 11.7. The molecule has 2 fully saturated rings. The van der Waals surface area contributed by atoms with Crippen LogP contribution in [0.2, 0.25) is 0 Å². The van der Waals surface area contributed by atoms with E-state index in [1.165, 1.54) is 39.2 Å². The number of fused-ring (bicyclic) bond motifs is 1. The topological polar surface area (TPSA) is 42.4 Å². The van der Waals surface area contributed by atoms with Gasteiger partial charge in [-0.2, -0.15) is 0 Å². The van der Waals surface area contributed by atoms with Gasteiger partial charge in [0, 0.05) is 18.0 Å². The highest BCUT2D eigenvalue weighted by atomic mass is 32.1. The number of aryl methyl sites for hydroxylation is 1. The minimum absolute atomic E-state index is 0.322. The fourth-order valence-corrected chi connectivity index (χ4v) is 4.51. The third-order valence-corrected chi connectivity index (χ3v) is 5.76. The Kier molecular flexibility index (Phi) is 3.96. The summed E-state index contributed by atoms with van der Waals surface area (Å²) in [5.41, 5.74) is 0.485. The summed E-state index contributed by atoms with van der Waals surface area (Å²) in [5.74, 6) is 1.42. The number of anilines is 1. The van der Waals surface area contributed by atoms with Gasteiger partial charge in [0.1, 0.15) is 0 Å². The number of hydrogen-bond donors (Lipinski definition) is 0. The number of ether oxygens (including phenoxy) is 1. The van der Waals surface area contributed by atoms with E-state index in [0.717, 1.165) is 34.9 Å². The van der Waals surface area contributed by atoms with Gasteiger partial charge >= 0.3 is 5.97 Å². The molecule has 1 aliphatic heterocycles. The normalized spacial score (nSPS) is 26.2. The zero-order valence-electron chi connectivity index (χ0n) is 12.2. The summed E-state index contributed by atoms with van der Waals surface area (Å²) in [6, 6.07) is 0. The highest BCUT2D eigenvalue weighted by molar-refractivity contribution is 7.15. The van der Waals surface area contributed by atoms with Crippen molar-refractivity contribution in [2.45, 2.75) is 39.0 Å². The molecule has 5 heteroatoms. The van der Waals surface area contributed by atoms with E-state index in [1.807, 2.05) is 6.92 Å². The molecule has 0 spiro atoms. The van der Waals surface area contributed by atoms with Crippen molar-refractivity contribution in [3.63, 3.8) is 0 Å². The van der Waals surface area contributed by atoms with Crippen LogP contribution in [0, 0.1) is 18.8 Å². The monoisotopic (exact) mass is 294 g/mol. The van der Waals surface area contributed by atoms with Gasteiger partial charge < -0.3 is 9.64 Å². The molecule has 1 aliphatic carbocycles. The van der Waals surface area contributed by atoms with Crippen LogP contribution in [-0.4, -0.2) is 31.2 Å². The molecule has 0 radical (unpaired) electrons. The highest BCUT2D eigenvalue weighted by Gasteiger charge is 2.32. The molecule has 3 rings (SSSR count). The summed E-state index contributed by atoms with van der Waals surface area (Å²) in [5, 5.41) is 0.993. The predicted molar refractivity (Wildman–Crippen MR) is 80.5 cm³/mol. The first-order chi connectivity index (χ1) is 9.69. The van der Waals surface area contributed by atoms with Crippen LogP contribution in [0.5, 0.6) is 0 Å². The zero-order valence-corrected chi connectivity index (χ0v) is 13.0. The van der Waals surface area contributed by atoms with Crippen molar-refractivity contribution >= 4 is 22.4 Å². The molecule has 4 nitrogen and oxygen atoms in total. The Hall–Kier alpha value is -1.10. The second kappa shape index (κ2) is 5.72. The average molecular weight is 294 g/mol. The van der Waals surface area contributed by atoms with E-state index in [2.05, 4.69) is 9.88 Å². The first-order valence-corrected chi connectivity index (χ1v) is 8.31. The standard InChI is InChI=1S/C15H22N2O2S/c1-10-13(14(18)19-2)16-15(20-10)17-8-7-11-5-3-4-6-12(11)9-17/h11-12H,3-9H2,1-2H3. The minimum Gasteiger partial charge on any atom is -0.464 e. The Balaban J connectivity index is 1.75. The number of methoxy groups -OCH3 is 1. The SMILES string of the molecule is COC(=O)c1nc(N2CCC3CCCCC3C2)sc1C. The lowest BCUT2D eigenvalue weighted by molar-refractivity contribution is 0.0594. The van der Waals surface area contributed by atoms with E-state index in [-0.39, 0.29) is 5.97 Å². The highest BCUT2D eigenvalue weighted by Crippen LogP contribution is 2.38. The van der Waals surface area contributed by atoms with Gasteiger partial charge in [0.05, 0.1) is 7.11 Å². The fraction of sp³-hybridized carbons (Fsp3) is 0.733. The quantitative estimate of drug-likeness (QED) is 0.785. The van der Waals surface area contributed by atoms with Gasteiger partial charge in [-0.1, -0.05) is 19.3 Å². The van der Waals surface area contributed by atoms with Crippen LogP contribution in [0.15, 0.2) is 0 Å². The molecular formula is C15H22N2O2S. The van der Waals surface area contributed by atoms with Gasteiger partial charge in [0.15, 0.2) is 10.8 Å². The molecule has 0 N–H and O–H groups in total. The van der Waals surface area contributed by atoms with E-state index >= 15 is 0 Å². The second-order valence-electron chi connectivity index (χ2n) is 5.93. The van der Waals surface area contributed by atoms with Crippen LogP contribution in [0.1, 0.15) is 47.5 Å². The van der Waals surface area contributed by atoms with Crippen LogP contribution in [0.3, 0.4) is 0 Å². The number of thiazole rings is 1. The number of nitrogens with zero attached hydrogens (tertiary/aromatic N) is 2. The molecule has 1 aromatic rings. The largest absolute Gasteiger partial charge is 0.464 e. The first kappa shape index (κ1) is 13.9. The van der Waals surface area contributed by atoms with Gasteiger partial charge in [0.2, 0.25) is 0 Å². The lowest BCUT2D eigenvalue weighted by Crippen LogP contribution is -2.41. The molecule has 2 unspecified atom stereocenters. The van der Waals surface area contributed by atoms with E-state index in [0.29, 0.717) is 5.69 Å². The molecule has 0 amide bonds. The van der Waals surface area contributed by atoms with Crippen molar-refractivity contribution in [2.75, 3.05) is 25.1 Å². The number of esters is 1. The van der Waals surface area contributed by atoms with E-state index < -0.39 is 0 Å². The summed E-state index contributed by atoms with van der Waals surface area (Å²) in [7, 11) is 1.41. The molecule has 1 saturated carbocycles. The Labute approximate surface area is 124 Å². The van der Waals surface area contributed by atoms with Gasteiger partial charge in [-0.15, -0.1) is 11.3 Å². The van der Waals surface area contributed by atoms with Crippen LogP contribution in [0.4, 0.5) is 5.13 Å². The van der Waals surface area contributed by atoms with Crippen molar-refractivity contribution < 1.29 is 9.53 Å². The van der Waals surface area contributed by atoms with Crippen LogP contribution in [0.25, 0.3) is 0 Å². The lowest BCUT2D eigenvalue weighted by atomic mass is 9.75. The molecular weight excluding hydrogens is 272 g/mol. The number of hydrogen-bond acceptors (Lipinski definition) is 5. The van der Waals surface area contributed by atoms with Crippen LogP contribution in [-0.2, 0) is 4.74 Å². The molecule has 110 valence electrons. The number of aromatic nitrogens is 1. The Morgan fingerprint density at radius 3 is 2.80 bits per heavy atom. The van der Waals surface area contributed by atoms with Crippen molar-refractivity contribution in [1.82, 2.24) is 4.98 Å². The molecule has 2 atom stereocenters. The smallest absolute Gasteiger partial charge is 0.357 e. The number of rotatable bonds is 2. The molecule has 2 aliphatic rings. The zero-order chi connectivity index (χ0) is 14.1. The van der Waals surface area contributed by atoms with Gasteiger partial charge in [-0.05, 0) is 31.6 Å². The fourth-order valence-electron chi connectivity index (χ4n) is 3.58. The minimum atomic E-state index is -0.322. The third kappa shape index (κ3) is 2.55. The average Bonchev–Trinajstić information content (AvgIpc) is 2.88. The summed E-state index contributed by atoms with van der Waals surface area (Å²) < 4.78 is 4.79. The number of carbonyl (C=O) groups excluding carboxylic acids is 1. The Bertz CT molecular complexity index is 500. The molecule has 0 aromatic carbocycles. The van der Waals surface area contributed by atoms with Gasteiger partial charge in [-0.25, -0.2) is 9.78 Å². The predicted octanol–water partition coefficient (Wildman–Crippen LogP) is 3.25. The van der Waals surface area contributed by atoms with E-state index in [4.69, 9.17) is 4.74 Å². The summed E-state index contributed by atoms with van der Waals surface area (Å²) >= 11 is 1.62. The molecule has 2 heterocycles. The van der Waals surface area contributed by atoms with Crippen molar-refractivity contribution in [3.05, 3.63) is 10.6 Å². The van der Waals surface area contributed by atoms with Gasteiger partial charge in [0.25, 0.3) is 0 Å². The number of piperidine rings is 1. The summed E-state index contributed by atoms with van der Waals surface area (Å²) in [6.07, 6.45) is 6.82. The second-order valence-corrected chi connectivity index (χ2v) is 7.11. The lowest BCUT2D eigenvalue weighted by Gasteiger charge is -2.41. The van der Waals surface area contributed by atoms with Crippen LogP contribution >= 0.6 is 11.3 Å². The third-order valence-electron chi connectivity index (χ3n) is 4.73. The summed E-state index contributed by atoms with van der Waals surface area (Å²) in [6.45, 7) is 4.13. The van der Waals surface area contributed by atoms with E-state index in [1.54, 1.807) is 11.3 Å². The van der Waals surface area contributed by atoms with Crippen LogP contribution < -0.4 is 4.90 Å². The summed E-state index contributed by atoms with van der Waals surface area (Å²) in [4.78, 5) is 19.5. The van der Waals surface area contributed by atoms with Crippen molar-refractivity contribution in [2.24, 2.45) is 11.8 Å². The van der Waals surface area contributed by atoms with Crippen molar-refractivity contribution in [3.8, 4) is 0 Å². The molecule has 20 heavy (non-hydrogen) atoms. The number of carbonyl (C=O) groups is 1. The molecule has 1 saturated heterocycles. The molecule has 1 aromatic heterocycles. The van der Waals surface area contributed by atoms with Gasteiger partial charge in [-0.3, -0.25) is 0 Å². The first-order valence-electron chi connectivity index (χ1n) is 7.49. The maximum Gasteiger partial charge on any atom is 0.357 e.